The molecule has 1 fully saturated rings. The van der Waals surface area contributed by atoms with E-state index in [1.54, 1.807) is 30.6 Å². The van der Waals surface area contributed by atoms with Crippen molar-refractivity contribution in [3.8, 4) is 22.6 Å². The maximum Gasteiger partial charge on any atom is 0.311 e. The van der Waals surface area contributed by atoms with E-state index in [9.17, 15) is 39.9 Å². The number of carbonyl (C=O) groups excluding carboxylic acids is 2. The number of esters is 1. The SMILES string of the molecule is O=C([O-])CC(=O)OC[C@@H]1O[C@@H](Oc2ccc3c(=O)c(-c4ccc(O)cc4)coc3c2)[C@@H](O[NH+]2C=C3C=CN=C3C2)[C@@](O)(CO)[C@H]1O. The molecule has 46 heavy (non-hydrogen) atoms. The van der Waals surface area contributed by atoms with Crippen LogP contribution in [0.3, 0.4) is 0 Å². The number of nitrogens with zero attached hydrogens (tertiary/aromatic N) is 1. The summed E-state index contributed by atoms with van der Waals surface area (Å²) in [5.41, 5.74) is -0.359. The minimum Gasteiger partial charge on any atom is -0.550 e. The molecule has 0 saturated carbocycles. The summed E-state index contributed by atoms with van der Waals surface area (Å²) in [6, 6.07) is 10.3. The number of aliphatic hydroxyl groups is 3. The lowest BCUT2D eigenvalue weighted by molar-refractivity contribution is -1.05. The van der Waals surface area contributed by atoms with Crippen LogP contribution in [0.25, 0.3) is 22.1 Å². The van der Waals surface area contributed by atoms with Crippen molar-refractivity contribution < 1.29 is 63.7 Å². The summed E-state index contributed by atoms with van der Waals surface area (Å²) in [6.45, 7) is -1.50. The van der Waals surface area contributed by atoms with Crippen molar-refractivity contribution in [2.24, 2.45) is 4.99 Å². The van der Waals surface area contributed by atoms with Crippen LogP contribution in [0, 0.1) is 0 Å². The van der Waals surface area contributed by atoms with Gasteiger partial charge in [-0.05, 0) is 35.9 Å². The van der Waals surface area contributed by atoms with Crippen molar-refractivity contribution in [1.82, 2.24) is 0 Å². The predicted octanol–water partition coefficient (Wildman–Crippen LogP) is -1.91. The standard InChI is InChI=1S/C31H28N2O13/c34-15-31(41)28(40)24(14-43-26(38)10-25(36)37)45-30(29(31)46-33-11-17-7-8-32-22(17)12-33)44-19-5-6-20-23(9-19)42-13-21(27(20)39)16-1-3-18(35)4-2-16/h1-9,11,13,24,28-30,34-35,40-41H,10,12,14-15H2,(H,36,37)/t24-,28-,29+,30+,31+/m0/s1. The maximum atomic E-state index is 13.2. The van der Waals surface area contributed by atoms with E-state index in [0.29, 0.717) is 16.3 Å². The molecule has 0 spiro atoms. The van der Waals surface area contributed by atoms with Crippen molar-refractivity contribution in [1.29, 1.82) is 0 Å². The van der Waals surface area contributed by atoms with Gasteiger partial charge in [0.1, 0.15) is 54.1 Å². The Balaban J connectivity index is 1.30. The molecular weight excluding hydrogens is 608 g/mol. The molecule has 3 aromatic rings. The Morgan fingerprint density at radius 2 is 1.96 bits per heavy atom. The summed E-state index contributed by atoms with van der Waals surface area (Å²) in [5.74, 6) is -2.74. The summed E-state index contributed by atoms with van der Waals surface area (Å²) in [5, 5.41) is 53.9. The second-order valence-electron chi connectivity index (χ2n) is 10.8. The number of nitrogens with one attached hydrogen (secondary N) is 1. The third-order valence-corrected chi connectivity index (χ3v) is 7.79. The molecule has 0 bridgehead atoms. The van der Waals surface area contributed by atoms with E-state index in [1.807, 2.05) is 0 Å². The average Bonchev–Trinajstić information content (AvgIpc) is 3.63. The number of phenolic OH excluding ortho intramolecular Hbond substituents is 1. The Bertz CT molecular complexity index is 1820. The Kier molecular flexibility index (Phi) is 8.43. The highest BCUT2D eigenvalue weighted by Crippen LogP contribution is 2.34. The van der Waals surface area contributed by atoms with Gasteiger partial charge in [0.2, 0.25) is 12.4 Å². The maximum absolute atomic E-state index is 13.2. The van der Waals surface area contributed by atoms with Crippen LogP contribution >= 0.6 is 0 Å². The smallest absolute Gasteiger partial charge is 0.311 e. The largest absolute Gasteiger partial charge is 0.550 e. The number of rotatable bonds is 10. The van der Waals surface area contributed by atoms with Crippen LogP contribution < -0.4 is 20.3 Å². The molecule has 1 aromatic heterocycles. The minimum atomic E-state index is -2.43. The Morgan fingerprint density at radius 3 is 2.67 bits per heavy atom. The molecule has 15 heteroatoms. The lowest BCUT2D eigenvalue weighted by Gasteiger charge is -2.47. The molecule has 0 aliphatic carbocycles. The quantitative estimate of drug-likeness (QED) is 0.121. The van der Waals surface area contributed by atoms with E-state index in [0.717, 1.165) is 5.57 Å². The normalized spacial score (nSPS) is 26.8. The van der Waals surface area contributed by atoms with Gasteiger partial charge >= 0.3 is 5.97 Å². The number of carboxylic acid groups (broad SMARTS) is 1. The second kappa shape index (κ2) is 12.5. The summed E-state index contributed by atoms with van der Waals surface area (Å²) in [6.07, 6.45) is -1.24. The summed E-state index contributed by atoms with van der Waals surface area (Å²) >= 11 is 0. The fraction of sp³-hybridized carbons (Fsp3) is 0.290. The van der Waals surface area contributed by atoms with Crippen LogP contribution in [0.2, 0.25) is 0 Å². The number of aliphatic carboxylic acids is 1. The number of quaternary nitrogens is 1. The molecule has 4 heterocycles. The van der Waals surface area contributed by atoms with Crippen LogP contribution in [0.4, 0.5) is 0 Å². The fourth-order valence-electron chi connectivity index (χ4n) is 5.39. The van der Waals surface area contributed by atoms with E-state index < -0.39 is 61.8 Å². The summed E-state index contributed by atoms with van der Waals surface area (Å²) in [7, 11) is 0. The van der Waals surface area contributed by atoms with E-state index >= 15 is 0 Å². The first kappa shape index (κ1) is 31.1. The van der Waals surface area contributed by atoms with Crippen LogP contribution in [0.5, 0.6) is 11.5 Å². The van der Waals surface area contributed by atoms with E-state index in [4.69, 9.17) is 23.5 Å². The number of hydrogen-bond acceptors (Lipinski definition) is 14. The molecular formula is C31H28N2O13. The number of benzene rings is 2. The number of aromatic hydroxyl groups is 1. The van der Waals surface area contributed by atoms with Gasteiger partial charge in [-0.3, -0.25) is 14.6 Å². The van der Waals surface area contributed by atoms with Gasteiger partial charge < -0.3 is 49.0 Å². The van der Waals surface area contributed by atoms with Crippen molar-refractivity contribution in [2.75, 3.05) is 19.8 Å². The summed E-state index contributed by atoms with van der Waals surface area (Å²) in [4.78, 5) is 46.2. The molecule has 2 aromatic carbocycles. The molecule has 0 amide bonds. The average molecular weight is 637 g/mol. The highest BCUT2D eigenvalue weighted by atomic mass is 16.8. The lowest BCUT2D eigenvalue weighted by atomic mass is 9.84. The van der Waals surface area contributed by atoms with Crippen molar-refractivity contribution in [3.63, 3.8) is 0 Å². The van der Waals surface area contributed by atoms with Gasteiger partial charge in [0.15, 0.2) is 17.6 Å². The Labute approximate surface area is 259 Å². The molecule has 0 radical (unpaired) electrons. The monoisotopic (exact) mass is 636 g/mol. The molecule has 1 saturated heterocycles. The zero-order valence-electron chi connectivity index (χ0n) is 23.9. The van der Waals surface area contributed by atoms with Crippen LogP contribution in [-0.2, 0) is 23.9 Å². The molecule has 3 aliphatic rings. The molecule has 3 aliphatic heterocycles. The van der Waals surface area contributed by atoms with Crippen LogP contribution in [0.1, 0.15) is 6.42 Å². The van der Waals surface area contributed by atoms with E-state index in [2.05, 4.69) is 4.99 Å². The molecule has 15 nitrogen and oxygen atoms in total. The molecule has 240 valence electrons. The third-order valence-electron chi connectivity index (χ3n) is 7.79. The number of carboxylic acids is 1. The van der Waals surface area contributed by atoms with Gasteiger partial charge in [-0.1, -0.05) is 12.1 Å². The number of hydroxylamine groups is 2. The number of allylic oxidation sites excluding steroid dienone is 1. The topological polar surface area (TPSA) is 222 Å². The zero-order valence-corrected chi connectivity index (χ0v) is 23.9. The Morgan fingerprint density at radius 1 is 1.17 bits per heavy atom. The van der Waals surface area contributed by atoms with Gasteiger partial charge in [0.05, 0.1) is 35.5 Å². The first-order chi connectivity index (χ1) is 22.0. The van der Waals surface area contributed by atoms with Crippen LogP contribution in [-0.4, -0.2) is 88.0 Å². The first-order valence-corrected chi connectivity index (χ1v) is 14.1. The fourth-order valence-corrected chi connectivity index (χ4v) is 5.39. The van der Waals surface area contributed by atoms with Crippen molar-refractivity contribution >= 4 is 28.6 Å². The number of hydrogen-bond donors (Lipinski definition) is 5. The van der Waals surface area contributed by atoms with Gasteiger partial charge in [-0.2, -0.15) is 9.90 Å². The van der Waals surface area contributed by atoms with Crippen molar-refractivity contribution in [3.05, 3.63) is 83.0 Å². The highest BCUT2D eigenvalue weighted by Gasteiger charge is 2.60. The highest BCUT2D eigenvalue weighted by molar-refractivity contribution is 6.06. The lowest BCUT2D eigenvalue weighted by Crippen LogP contribution is -3.07. The molecule has 5 N–H and O–H groups in total. The second-order valence-corrected chi connectivity index (χ2v) is 10.8. The van der Waals surface area contributed by atoms with Gasteiger partial charge in [0.25, 0.3) is 0 Å². The van der Waals surface area contributed by atoms with E-state index in [1.165, 1.54) is 36.6 Å². The van der Waals surface area contributed by atoms with E-state index in [-0.39, 0.29) is 40.0 Å². The zero-order chi connectivity index (χ0) is 32.6. The molecule has 1 unspecified atom stereocenters. The Hall–Kier alpha value is -4.90. The van der Waals surface area contributed by atoms with Gasteiger partial charge in [0, 0.05) is 12.3 Å². The van der Waals surface area contributed by atoms with Gasteiger partial charge in [-0.25, -0.2) is 0 Å². The number of aliphatic hydroxyl groups excluding tert-OH is 2. The number of carbonyl (C=O) groups is 2. The van der Waals surface area contributed by atoms with Crippen molar-refractivity contribution in [2.45, 2.75) is 36.6 Å². The third kappa shape index (κ3) is 6.02. The first-order valence-electron chi connectivity index (χ1n) is 14.1. The number of aliphatic imine (C=N–C) groups is 1. The predicted molar refractivity (Wildman–Crippen MR) is 153 cm³/mol. The summed E-state index contributed by atoms with van der Waals surface area (Å²) < 4.78 is 22.6. The number of ether oxygens (including phenoxy) is 3. The number of phenols is 1. The molecule has 6 atom stereocenters. The molecule has 6 rings (SSSR count). The number of fused-ring (bicyclic) bond motifs is 2. The van der Waals surface area contributed by atoms with Crippen LogP contribution in [0.15, 0.2) is 87.0 Å². The van der Waals surface area contributed by atoms with Gasteiger partial charge in [-0.15, -0.1) is 0 Å². The minimum absolute atomic E-state index is 0.0398.